The molecule has 2 aromatic heterocycles. The number of hydrogen-bond donors (Lipinski definition) is 2. The third-order valence-electron chi connectivity index (χ3n) is 3.76. The van der Waals surface area contributed by atoms with Crippen molar-refractivity contribution in [2.24, 2.45) is 0 Å². The van der Waals surface area contributed by atoms with Crippen molar-refractivity contribution in [2.75, 3.05) is 10.6 Å². The van der Waals surface area contributed by atoms with E-state index in [9.17, 15) is 18.0 Å². The van der Waals surface area contributed by atoms with Gasteiger partial charge in [-0.1, -0.05) is 12.1 Å². The molecule has 10 heteroatoms. The zero-order valence-electron chi connectivity index (χ0n) is 14.5. The minimum absolute atomic E-state index is 0.329. The molecule has 0 spiro atoms. The number of thiophene rings is 1. The van der Waals surface area contributed by atoms with Gasteiger partial charge in [-0.05, 0) is 47.8 Å². The molecular weight excluding hydrogens is 423 g/mol. The number of benzene rings is 2. The summed E-state index contributed by atoms with van der Waals surface area (Å²) in [5.41, 5.74) is 2.02. The first-order valence-electron chi connectivity index (χ1n) is 8.25. The van der Waals surface area contributed by atoms with E-state index in [2.05, 4.69) is 20.4 Å². The van der Waals surface area contributed by atoms with Crippen LogP contribution in [0, 0.1) is 0 Å². The van der Waals surface area contributed by atoms with Crippen LogP contribution in [0.3, 0.4) is 0 Å². The first kappa shape index (κ1) is 19.2. The number of anilines is 2. The van der Waals surface area contributed by atoms with Crippen molar-refractivity contribution >= 4 is 49.6 Å². The molecule has 0 aliphatic rings. The molecule has 0 radical (unpaired) electrons. The molecule has 2 amide bonds. The monoisotopic (exact) mass is 435 g/mol. The number of para-hydroxylation sites is 1. The van der Waals surface area contributed by atoms with Gasteiger partial charge in [0.1, 0.15) is 15.8 Å². The van der Waals surface area contributed by atoms with Crippen LogP contribution in [0.4, 0.5) is 28.7 Å². The van der Waals surface area contributed by atoms with Crippen molar-refractivity contribution in [3.8, 4) is 16.3 Å². The van der Waals surface area contributed by atoms with Crippen LogP contribution in [0.1, 0.15) is 0 Å². The van der Waals surface area contributed by atoms with E-state index in [0.29, 0.717) is 10.7 Å². The number of ether oxygens (including phenoxy) is 1. The van der Waals surface area contributed by atoms with Crippen molar-refractivity contribution in [1.82, 2.24) is 4.98 Å². The van der Waals surface area contributed by atoms with Crippen molar-refractivity contribution in [3.05, 3.63) is 60.0 Å². The molecule has 0 saturated carbocycles. The van der Waals surface area contributed by atoms with E-state index in [4.69, 9.17) is 0 Å². The predicted molar refractivity (Wildman–Crippen MR) is 109 cm³/mol. The number of rotatable bonds is 4. The number of amides is 2. The van der Waals surface area contributed by atoms with E-state index in [1.165, 1.54) is 34.8 Å². The van der Waals surface area contributed by atoms with Gasteiger partial charge in [-0.25, -0.2) is 9.78 Å². The van der Waals surface area contributed by atoms with Crippen LogP contribution in [0.15, 0.2) is 60.0 Å². The van der Waals surface area contributed by atoms with Gasteiger partial charge in [0.05, 0.1) is 10.2 Å². The van der Waals surface area contributed by atoms with Gasteiger partial charge in [-0.3, -0.25) is 5.32 Å². The smallest absolute Gasteiger partial charge is 0.406 e. The summed E-state index contributed by atoms with van der Waals surface area (Å²) < 4.78 is 41.5. The van der Waals surface area contributed by atoms with Crippen molar-refractivity contribution in [2.45, 2.75) is 6.36 Å². The summed E-state index contributed by atoms with van der Waals surface area (Å²) in [6, 6.07) is 14.0. The standard InChI is InChI=1S/C19H12F3N3O2S2/c20-19(21,22)27-12-7-5-11(6-8-12)23-18(26)25-16-13(9-10-28-16)17-24-14-3-1-2-4-15(14)29-17/h1-10H,(H2,23,25,26). The average Bonchev–Trinajstić information content (AvgIpc) is 3.28. The van der Waals surface area contributed by atoms with Crippen LogP contribution in [-0.2, 0) is 0 Å². The number of carbonyl (C=O) groups is 1. The summed E-state index contributed by atoms with van der Waals surface area (Å²) in [5.74, 6) is -0.361. The van der Waals surface area contributed by atoms with Crippen LogP contribution < -0.4 is 15.4 Å². The summed E-state index contributed by atoms with van der Waals surface area (Å²) in [7, 11) is 0. The maximum atomic E-state index is 12.3. The topological polar surface area (TPSA) is 63.2 Å². The molecule has 4 aromatic rings. The Kier molecular flexibility index (Phi) is 5.12. The highest BCUT2D eigenvalue weighted by Crippen LogP contribution is 2.37. The number of nitrogens with zero attached hydrogens (tertiary/aromatic N) is 1. The highest BCUT2D eigenvalue weighted by Gasteiger charge is 2.31. The van der Waals surface area contributed by atoms with Crippen LogP contribution in [0.25, 0.3) is 20.8 Å². The number of fused-ring (bicyclic) bond motifs is 1. The second-order valence-electron chi connectivity index (χ2n) is 5.80. The predicted octanol–water partition coefficient (Wildman–Crippen LogP) is 6.57. The largest absolute Gasteiger partial charge is 0.573 e. The van der Waals surface area contributed by atoms with E-state index in [0.717, 1.165) is 32.9 Å². The molecule has 0 saturated heterocycles. The molecule has 2 N–H and O–H groups in total. The van der Waals surface area contributed by atoms with Crippen LogP contribution in [-0.4, -0.2) is 17.4 Å². The minimum atomic E-state index is -4.76. The number of urea groups is 1. The molecule has 0 unspecified atom stereocenters. The van der Waals surface area contributed by atoms with E-state index in [-0.39, 0.29) is 5.75 Å². The van der Waals surface area contributed by atoms with Gasteiger partial charge in [0.15, 0.2) is 0 Å². The normalized spacial score (nSPS) is 11.4. The van der Waals surface area contributed by atoms with Crippen molar-refractivity contribution in [1.29, 1.82) is 0 Å². The van der Waals surface area contributed by atoms with Crippen LogP contribution >= 0.6 is 22.7 Å². The quantitative estimate of drug-likeness (QED) is 0.381. The zero-order valence-corrected chi connectivity index (χ0v) is 16.1. The lowest BCUT2D eigenvalue weighted by atomic mass is 10.3. The number of carbonyl (C=O) groups excluding carboxylic acids is 1. The fourth-order valence-corrected chi connectivity index (χ4v) is 4.41. The van der Waals surface area contributed by atoms with E-state index < -0.39 is 12.4 Å². The Morgan fingerprint density at radius 2 is 1.76 bits per heavy atom. The molecule has 29 heavy (non-hydrogen) atoms. The summed E-state index contributed by atoms with van der Waals surface area (Å²) in [6.45, 7) is 0. The van der Waals surface area contributed by atoms with Crippen molar-refractivity contribution < 1.29 is 22.7 Å². The Labute approximate surface area is 170 Å². The summed E-state index contributed by atoms with van der Waals surface area (Å²) in [4.78, 5) is 16.9. The lowest BCUT2D eigenvalue weighted by Crippen LogP contribution is -2.19. The molecule has 5 nitrogen and oxygen atoms in total. The maximum Gasteiger partial charge on any atom is 0.573 e. The third kappa shape index (κ3) is 4.66. The number of hydrogen-bond acceptors (Lipinski definition) is 5. The second kappa shape index (κ2) is 7.72. The van der Waals surface area contributed by atoms with E-state index in [1.54, 1.807) is 0 Å². The maximum absolute atomic E-state index is 12.3. The average molecular weight is 435 g/mol. The van der Waals surface area contributed by atoms with Crippen molar-refractivity contribution in [3.63, 3.8) is 0 Å². The molecule has 148 valence electrons. The van der Waals surface area contributed by atoms with Gasteiger partial charge in [0.2, 0.25) is 0 Å². The molecule has 0 bridgehead atoms. The highest BCUT2D eigenvalue weighted by atomic mass is 32.1. The van der Waals surface area contributed by atoms with E-state index in [1.807, 2.05) is 35.7 Å². The lowest BCUT2D eigenvalue weighted by Gasteiger charge is -2.10. The zero-order chi connectivity index (χ0) is 20.4. The third-order valence-corrected chi connectivity index (χ3v) is 5.66. The first-order chi connectivity index (χ1) is 13.9. The fraction of sp³-hybridized carbons (Fsp3) is 0.0526. The molecule has 2 aromatic carbocycles. The van der Waals surface area contributed by atoms with Crippen LogP contribution in [0.2, 0.25) is 0 Å². The molecule has 2 heterocycles. The Hall–Kier alpha value is -3.11. The first-order valence-corrected chi connectivity index (χ1v) is 9.94. The molecule has 0 fully saturated rings. The lowest BCUT2D eigenvalue weighted by molar-refractivity contribution is -0.274. The van der Waals surface area contributed by atoms with Gasteiger partial charge in [0.25, 0.3) is 0 Å². The SMILES string of the molecule is O=C(Nc1ccc(OC(F)(F)F)cc1)Nc1sccc1-c1nc2ccccc2s1. The summed E-state index contributed by atoms with van der Waals surface area (Å²) in [6.07, 6.45) is -4.76. The van der Waals surface area contributed by atoms with Crippen LogP contribution in [0.5, 0.6) is 5.75 Å². The number of alkyl halides is 3. The van der Waals surface area contributed by atoms with Gasteiger partial charge < -0.3 is 10.1 Å². The number of halogens is 3. The Morgan fingerprint density at radius 3 is 2.48 bits per heavy atom. The Morgan fingerprint density at radius 1 is 1.00 bits per heavy atom. The second-order valence-corrected chi connectivity index (χ2v) is 7.75. The van der Waals surface area contributed by atoms with Gasteiger partial charge in [-0.2, -0.15) is 0 Å². The minimum Gasteiger partial charge on any atom is -0.406 e. The van der Waals surface area contributed by atoms with Gasteiger partial charge in [-0.15, -0.1) is 35.8 Å². The number of aromatic nitrogens is 1. The fourth-order valence-electron chi connectivity index (χ4n) is 2.57. The van der Waals surface area contributed by atoms with Gasteiger partial charge in [0, 0.05) is 11.3 Å². The molecular formula is C19H12F3N3O2S2. The van der Waals surface area contributed by atoms with E-state index >= 15 is 0 Å². The Balaban J connectivity index is 1.45. The summed E-state index contributed by atoms with van der Waals surface area (Å²) in [5, 5.41) is 8.60. The molecule has 0 atom stereocenters. The number of thiazole rings is 1. The molecule has 4 rings (SSSR count). The molecule has 0 aliphatic heterocycles. The Bertz CT molecular complexity index is 1120. The van der Waals surface area contributed by atoms with Gasteiger partial charge >= 0.3 is 12.4 Å². The summed E-state index contributed by atoms with van der Waals surface area (Å²) >= 11 is 2.88. The highest BCUT2D eigenvalue weighted by molar-refractivity contribution is 7.22. The number of nitrogens with one attached hydrogen (secondary N) is 2. The molecule has 0 aliphatic carbocycles.